The van der Waals surface area contributed by atoms with Crippen molar-refractivity contribution < 1.29 is 4.74 Å². The molecule has 1 N–H and O–H groups in total. The number of piperazine rings is 1. The second-order valence-corrected chi connectivity index (χ2v) is 7.90. The fourth-order valence-electron chi connectivity index (χ4n) is 4.38. The number of hydrogen-bond donors (Lipinski definition) is 1. The summed E-state index contributed by atoms with van der Waals surface area (Å²) in [7, 11) is 0. The van der Waals surface area contributed by atoms with Crippen LogP contribution in [0.5, 0.6) is 0 Å². The van der Waals surface area contributed by atoms with Gasteiger partial charge in [-0.05, 0) is 38.0 Å². The van der Waals surface area contributed by atoms with E-state index in [1.54, 1.807) is 0 Å². The van der Waals surface area contributed by atoms with E-state index in [9.17, 15) is 0 Å². The van der Waals surface area contributed by atoms with E-state index >= 15 is 0 Å². The average molecular weight is 280 g/mol. The Morgan fingerprint density at radius 3 is 2.50 bits per heavy atom. The molecule has 3 aliphatic rings. The molecule has 1 atom stereocenters. The Balaban J connectivity index is 1.64. The van der Waals surface area contributed by atoms with Crippen molar-refractivity contribution in [3.8, 4) is 0 Å². The first-order valence-electron chi connectivity index (χ1n) is 8.68. The molecule has 1 unspecified atom stereocenters. The van der Waals surface area contributed by atoms with Crippen LogP contribution in [0, 0.1) is 5.41 Å². The van der Waals surface area contributed by atoms with Gasteiger partial charge in [0.2, 0.25) is 0 Å². The van der Waals surface area contributed by atoms with Crippen LogP contribution in [0.2, 0.25) is 0 Å². The van der Waals surface area contributed by atoms with Gasteiger partial charge in [-0.1, -0.05) is 26.2 Å². The number of hydrogen-bond acceptors (Lipinski definition) is 3. The first kappa shape index (κ1) is 14.8. The summed E-state index contributed by atoms with van der Waals surface area (Å²) in [4.78, 5) is 2.78. The Morgan fingerprint density at radius 2 is 1.80 bits per heavy atom. The molecule has 3 fully saturated rings. The molecule has 0 aromatic rings. The summed E-state index contributed by atoms with van der Waals surface area (Å²) >= 11 is 0. The molecule has 2 saturated heterocycles. The first-order valence-corrected chi connectivity index (χ1v) is 8.68. The van der Waals surface area contributed by atoms with E-state index < -0.39 is 0 Å². The predicted octanol–water partition coefficient (Wildman–Crippen LogP) is 2.80. The molecule has 2 aliphatic heterocycles. The van der Waals surface area contributed by atoms with E-state index in [1.807, 2.05) is 0 Å². The van der Waals surface area contributed by atoms with Crippen LogP contribution in [-0.4, -0.2) is 49.3 Å². The summed E-state index contributed by atoms with van der Waals surface area (Å²) in [5, 5.41) is 3.90. The van der Waals surface area contributed by atoms with Crippen molar-refractivity contribution in [2.24, 2.45) is 5.41 Å². The standard InChI is InChI=1S/C17H32N2O/c1-15-12-18-17(6-4-3-5-7-17)14-19(15)13-16(2)8-10-20-11-9-16/h15,18H,3-14H2,1-2H3. The van der Waals surface area contributed by atoms with Crippen LogP contribution in [0.3, 0.4) is 0 Å². The lowest BCUT2D eigenvalue weighted by molar-refractivity contribution is -0.0217. The smallest absolute Gasteiger partial charge is 0.0471 e. The van der Waals surface area contributed by atoms with Crippen molar-refractivity contribution in [1.82, 2.24) is 10.2 Å². The molecule has 1 saturated carbocycles. The molecule has 1 aliphatic carbocycles. The lowest BCUT2D eigenvalue weighted by atomic mass is 9.77. The van der Waals surface area contributed by atoms with Gasteiger partial charge in [0.15, 0.2) is 0 Å². The Bertz CT molecular complexity index is 317. The van der Waals surface area contributed by atoms with Gasteiger partial charge in [0.1, 0.15) is 0 Å². The minimum absolute atomic E-state index is 0.437. The molecule has 3 heteroatoms. The van der Waals surface area contributed by atoms with Crippen LogP contribution in [0.4, 0.5) is 0 Å². The maximum absolute atomic E-state index is 5.56. The van der Waals surface area contributed by atoms with E-state index in [-0.39, 0.29) is 0 Å². The predicted molar refractivity (Wildman–Crippen MR) is 83.0 cm³/mol. The zero-order valence-corrected chi connectivity index (χ0v) is 13.4. The molecule has 0 radical (unpaired) electrons. The number of nitrogens with zero attached hydrogens (tertiary/aromatic N) is 1. The van der Waals surface area contributed by atoms with E-state index in [4.69, 9.17) is 4.74 Å². The van der Waals surface area contributed by atoms with E-state index in [2.05, 4.69) is 24.1 Å². The van der Waals surface area contributed by atoms with Gasteiger partial charge < -0.3 is 10.1 Å². The lowest BCUT2D eigenvalue weighted by Gasteiger charge is -2.51. The summed E-state index contributed by atoms with van der Waals surface area (Å²) in [5.74, 6) is 0. The van der Waals surface area contributed by atoms with Crippen LogP contribution >= 0.6 is 0 Å². The van der Waals surface area contributed by atoms with Crippen molar-refractivity contribution in [3.63, 3.8) is 0 Å². The fourth-order valence-corrected chi connectivity index (χ4v) is 4.38. The molecule has 0 bridgehead atoms. The third-order valence-corrected chi connectivity index (χ3v) is 6.00. The average Bonchev–Trinajstić information content (AvgIpc) is 2.45. The Hall–Kier alpha value is -0.120. The topological polar surface area (TPSA) is 24.5 Å². The first-order chi connectivity index (χ1) is 9.61. The zero-order valence-electron chi connectivity index (χ0n) is 13.4. The fraction of sp³-hybridized carbons (Fsp3) is 1.00. The van der Waals surface area contributed by atoms with Crippen molar-refractivity contribution in [3.05, 3.63) is 0 Å². The van der Waals surface area contributed by atoms with E-state index in [0.717, 1.165) is 13.2 Å². The quantitative estimate of drug-likeness (QED) is 0.842. The van der Waals surface area contributed by atoms with Crippen molar-refractivity contribution in [2.75, 3.05) is 32.8 Å². The summed E-state index contributed by atoms with van der Waals surface area (Å²) in [5.41, 5.74) is 0.909. The molecule has 3 nitrogen and oxygen atoms in total. The molecular formula is C17H32N2O. The van der Waals surface area contributed by atoms with Crippen molar-refractivity contribution in [2.45, 2.75) is 70.4 Å². The zero-order chi connectivity index (χ0) is 14.1. The van der Waals surface area contributed by atoms with Gasteiger partial charge in [-0.3, -0.25) is 4.90 Å². The van der Waals surface area contributed by atoms with Gasteiger partial charge in [0.05, 0.1) is 0 Å². The summed E-state index contributed by atoms with van der Waals surface area (Å²) in [6.45, 7) is 10.5. The normalized spacial score (nSPS) is 34.2. The molecule has 20 heavy (non-hydrogen) atoms. The second-order valence-electron chi connectivity index (χ2n) is 7.90. The Morgan fingerprint density at radius 1 is 1.10 bits per heavy atom. The van der Waals surface area contributed by atoms with Gasteiger partial charge in [0, 0.05) is 44.4 Å². The van der Waals surface area contributed by atoms with Crippen LogP contribution in [0.25, 0.3) is 0 Å². The molecule has 0 aromatic heterocycles. The molecule has 0 aromatic carbocycles. The highest BCUT2D eigenvalue weighted by Crippen LogP contribution is 2.36. The van der Waals surface area contributed by atoms with Crippen LogP contribution in [-0.2, 0) is 4.74 Å². The lowest BCUT2D eigenvalue weighted by Crippen LogP contribution is -2.65. The highest BCUT2D eigenvalue weighted by molar-refractivity contribution is 5.00. The van der Waals surface area contributed by atoms with Gasteiger partial charge in [-0.25, -0.2) is 0 Å². The molecule has 0 amide bonds. The minimum Gasteiger partial charge on any atom is -0.381 e. The molecular weight excluding hydrogens is 248 g/mol. The minimum atomic E-state index is 0.437. The van der Waals surface area contributed by atoms with Crippen molar-refractivity contribution in [1.29, 1.82) is 0 Å². The second kappa shape index (κ2) is 5.94. The third-order valence-electron chi connectivity index (χ3n) is 6.00. The number of rotatable bonds is 2. The van der Waals surface area contributed by atoms with Crippen molar-refractivity contribution >= 4 is 0 Å². The van der Waals surface area contributed by atoms with E-state index in [0.29, 0.717) is 17.0 Å². The van der Waals surface area contributed by atoms with E-state index in [1.165, 1.54) is 64.6 Å². The molecule has 2 heterocycles. The highest BCUT2D eigenvalue weighted by atomic mass is 16.5. The van der Waals surface area contributed by atoms with Crippen LogP contribution in [0.15, 0.2) is 0 Å². The molecule has 1 spiro atoms. The van der Waals surface area contributed by atoms with Gasteiger partial charge >= 0.3 is 0 Å². The van der Waals surface area contributed by atoms with Gasteiger partial charge in [0.25, 0.3) is 0 Å². The highest BCUT2D eigenvalue weighted by Gasteiger charge is 2.41. The summed E-state index contributed by atoms with van der Waals surface area (Å²) < 4.78 is 5.56. The monoisotopic (exact) mass is 280 g/mol. The van der Waals surface area contributed by atoms with Gasteiger partial charge in [-0.2, -0.15) is 0 Å². The molecule has 3 rings (SSSR count). The third kappa shape index (κ3) is 3.20. The van der Waals surface area contributed by atoms with Gasteiger partial charge in [-0.15, -0.1) is 0 Å². The number of nitrogens with one attached hydrogen (secondary N) is 1. The largest absolute Gasteiger partial charge is 0.381 e. The van der Waals surface area contributed by atoms with Crippen LogP contribution in [0.1, 0.15) is 58.8 Å². The summed E-state index contributed by atoms with van der Waals surface area (Å²) in [6, 6.07) is 0.683. The number of ether oxygens (including phenoxy) is 1. The Kier molecular flexibility index (Phi) is 4.40. The maximum atomic E-state index is 5.56. The molecule has 116 valence electrons. The SMILES string of the molecule is CC1CNC2(CCCCC2)CN1CC1(C)CCOCC1. The Labute approximate surface area is 124 Å². The summed E-state index contributed by atoms with van der Waals surface area (Å²) in [6.07, 6.45) is 9.51. The maximum Gasteiger partial charge on any atom is 0.0471 e. The van der Waals surface area contributed by atoms with Crippen LogP contribution < -0.4 is 5.32 Å².